The Hall–Kier alpha value is -0.0900. The normalized spacial score (nSPS) is 10.1. The van der Waals surface area contributed by atoms with Crippen LogP contribution in [0.5, 0.6) is 0 Å². The van der Waals surface area contributed by atoms with Gasteiger partial charge in [-0.1, -0.05) is 44.2 Å². The number of hydrogen-bond donors (Lipinski definition) is 0. The zero-order chi connectivity index (χ0) is 10.2. The van der Waals surface area contributed by atoms with Gasteiger partial charge < -0.3 is 4.90 Å². The molecule has 1 aromatic rings. The summed E-state index contributed by atoms with van der Waals surface area (Å²) in [5.41, 5.74) is 1.46. The first kappa shape index (κ1) is 14.9. The van der Waals surface area contributed by atoms with Gasteiger partial charge in [-0.25, -0.2) is 0 Å². The Morgan fingerprint density at radius 2 is 1.60 bits per heavy atom. The molecule has 0 unspecified atom stereocenters. The molecule has 0 bridgehead atoms. The highest BCUT2D eigenvalue weighted by atomic mass is 127. The van der Waals surface area contributed by atoms with Crippen LogP contribution in [-0.4, -0.2) is 24.5 Å². The summed E-state index contributed by atoms with van der Waals surface area (Å²) in [6.45, 7) is 8.02. The van der Waals surface area contributed by atoms with Gasteiger partial charge in [0.15, 0.2) is 0 Å². The number of aryl methyl sites for hydroxylation is 1. The Labute approximate surface area is 111 Å². The number of halogens is 1. The van der Waals surface area contributed by atoms with Crippen molar-refractivity contribution < 1.29 is 0 Å². The van der Waals surface area contributed by atoms with Crippen molar-refractivity contribution in [1.82, 2.24) is 4.90 Å². The van der Waals surface area contributed by atoms with E-state index >= 15 is 0 Å². The minimum Gasteiger partial charge on any atom is -0.304 e. The first-order valence-electron chi connectivity index (χ1n) is 5.63. The van der Waals surface area contributed by atoms with Crippen molar-refractivity contribution in [1.29, 1.82) is 0 Å². The predicted octanol–water partition coefficient (Wildman–Crippen LogP) is 3.58. The van der Waals surface area contributed by atoms with Crippen LogP contribution in [0, 0.1) is 0 Å². The van der Waals surface area contributed by atoms with Gasteiger partial charge in [0, 0.05) is 0 Å². The van der Waals surface area contributed by atoms with Crippen LogP contribution in [0.25, 0.3) is 0 Å². The summed E-state index contributed by atoms with van der Waals surface area (Å²) in [4.78, 5) is 2.48. The van der Waals surface area contributed by atoms with E-state index in [2.05, 4.69) is 49.1 Å². The van der Waals surface area contributed by atoms with E-state index in [0.29, 0.717) is 0 Å². The summed E-state index contributed by atoms with van der Waals surface area (Å²) in [7, 11) is 0. The number of nitrogens with zero attached hydrogens (tertiary/aromatic N) is 1. The number of benzene rings is 1. The molecule has 0 aliphatic heterocycles. The molecular weight excluding hydrogens is 297 g/mol. The Bertz CT molecular complexity index is 232. The SMILES string of the molecule is CCN(CC)CCCc1ccccc1.I. The van der Waals surface area contributed by atoms with Crippen LogP contribution in [0.4, 0.5) is 0 Å². The first-order chi connectivity index (χ1) is 6.86. The molecule has 1 nitrogen and oxygen atoms in total. The Morgan fingerprint density at radius 3 is 2.13 bits per heavy atom. The maximum Gasteiger partial charge on any atom is -0.00158 e. The molecule has 0 heterocycles. The van der Waals surface area contributed by atoms with E-state index in [1.165, 1.54) is 38.0 Å². The average Bonchev–Trinajstić information content (AvgIpc) is 2.26. The molecule has 86 valence electrons. The van der Waals surface area contributed by atoms with Crippen molar-refractivity contribution in [2.75, 3.05) is 19.6 Å². The smallest absolute Gasteiger partial charge is 0.00158 e. The highest BCUT2D eigenvalue weighted by Gasteiger charge is 1.98. The van der Waals surface area contributed by atoms with Gasteiger partial charge in [0.05, 0.1) is 0 Å². The van der Waals surface area contributed by atoms with E-state index in [-0.39, 0.29) is 24.0 Å². The largest absolute Gasteiger partial charge is 0.304 e. The molecule has 0 saturated carbocycles. The Morgan fingerprint density at radius 1 is 1.00 bits per heavy atom. The van der Waals surface area contributed by atoms with Crippen LogP contribution in [0.2, 0.25) is 0 Å². The lowest BCUT2D eigenvalue weighted by Crippen LogP contribution is -2.24. The molecule has 15 heavy (non-hydrogen) atoms. The van der Waals surface area contributed by atoms with Crippen LogP contribution in [0.3, 0.4) is 0 Å². The number of rotatable bonds is 6. The molecule has 0 saturated heterocycles. The monoisotopic (exact) mass is 319 g/mol. The lowest BCUT2D eigenvalue weighted by Gasteiger charge is -2.17. The van der Waals surface area contributed by atoms with Gasteiger partial charge in [0.25, 0.3) is 0 Å². The maximum absolute atomic E-state index is 2.48. The predicted molar refractivity (Wildman–Crippen MR) is 78.0 cm³/mol. The van der Waals surface area contributed by atoms with Crippen molar-refractivity contribution in [3.05, 3.63) is 35.9 Å². The van der Waals surface area contributed by atoms with Gasteiger partial charge in [-0.05, 0) is 38.0 Å². The molecule has 0 fully saturated rings. The first-order valence-corrected chi connectivity index (χ1v) is 5.63. The lowest BCUT2D eigenvalue weighted by molar-refractivity contribution is 0.300. The van der Waals surface area contributed by atoms with Crippen LogP contribution in [-0.2, 0) is 6.42 Å². The van der Waals surface area contributed by atoms with E-state index in [9.17, 15) is 0 Å². The summed E-state index contributed by atoms with van der Waals surface area (Å²) in [6.07, 6.45) is 2.48. The zero-order valence-corrected chi connectivity index (χ0v) is 12.1. The fourth-order valence-electron chi connectivity index (χ4n) is 1.69. The average molecular weight is 319 g/mol. The van der Waals surface area contributed by atoms with Gasteiger partial charge in [-0.2, -0.15) is 0 Å². The highest BCUT2D eigenvalue weighted by Crippen LogP contribution is 2.03. The van der Waals surface area contributed by atoms with E-state index in [1.807, 2.05) is 0 Å². The third-order valence-corrected chi connectivity index (χ3v) is 2.68. The fourth-order valence-corrected chi connectivity index (χ4v) is 1.69. The molecule has 0 amide bonds. The molecule has 0 aliphatic carbocycles. The van der Waals surface area contributed by atoms with E-state index in [0.717, 1.165) is 0 Å². The third kappa shape index (κ3) is 6.15. The highest BCUT2D eigenvalue weighted by molar-refractivity contribution is 14.0. The molecule has 1 rings (SSSR count). The minimum absolute atomic E-state index is 0. The van der Waals surface area contributed by atoms with Gasteiger partial charge in [0.2, 0.25) is 0 Å². The zero-order valence-electron chi connectivity index (χ0n) is 9.78. The van der Waals surface area contributed by atoms with Crippen molar-refractivity contribution in [2.45, 2.75) is 26.7 Å². The summed E-state index contributed by atoms with van der Waals surface area (Å²) in [6, 6.07) is 10.7. The second-order valence-corrected chi connectivity index (χ2v) is 3.62. The third-order valence-electron chi connectivity index (χ3n) is 2.68. The van der Waals surface area contributed by atoms with Gasteiger partial charge in [0.1, 0.15) is 0 Å². The van der Waals surface area contributed by atoms with E-state index < -0.39 is 0 Å². The minimum atomic E-state index is 0. The van der Waals surface area contributed by atoms with Crippen molar-refractivity contribution in [3.8, 4) is 0 Å². The van der Waals surface area contributed by atoms with Crippen molar-refractivity contribution >= 4 is 24.0 Å². The molecule has 0 N–H and O–H groups in total. The molecule has 2 heteroatoms. The molecule has 0 aromatic heterocycles. The second kappa shape index (κ2) is 9.16. The lowest BCUT2D eigenvalue weighted by atomic mass is 10.1. The maximum atomic E-state index is 2.48. The summed E-state index contributed by atoms with van der Waals surface area (Å²) in [5, 5.41) is 0. The van der Waals surface area contributed by atoms with Crippen LogP contribution in [0.1, 0.15) is 25.8 Å². The molecule has 0 spiro atoms. The van der Waals surface area contributed by atoms with Gasteiger partial charge in [-0.3, -0.25) is 0 Å². The molecule has 1 aromatic carbocycles. The van der Waals surface area contributed by atoms with Crippen molar-refractivity contribution in [2.24, 2.45) is 0 Å². The Kier molecular flexibility index (Phi) is 9.10. The van der Waals surface area contributed by atoms with Crippen molar-refractivity contribution in [3.63, 3.8) is 0 Å². The summed E-state index contributed by atoms with van der Waals surface area (Å²) < 4.78 is 0. The summed E-state index contributed by atoms with van der Waals surface area (Å²) in [5.74, 6) is 0. The molecule has 0 aliphatic rings. The quantitative estimate of drug-likeness (QED) is 0.725. The Balaban J connectivity index is 0.00000196. The molecular formula is C13H22IN. The fraction of sp³-hybridized carbons (Fsp3) is 0.538. The molecule has 0 radical (unpaired) electrons. The summed E-state index contributed by atoms with van der Waals surface area (Å²) >= 11 is 0. The topological polar surface area (TPSA) is 3.24 Å². The van der Waals surface area contributed by atoms with Gasteiger partial charge >= 0.3 is 0 Å². The molecule has 0 atom stereocenters. The number of hydrogen-bond acceptors (Lipinski definition) is 1. The standard InChI is InChI=1S/C13H21N.HI/c1-3-14(4-2)12-8-11-13-9-6-5-7-10-13;/h5-7,9-10H,3-4,8,11-12H2,1-2H3;1H. The van der Waals surface area contributed by atoms with Crippen LogP contribution in [0.15, 0.2) is 30.3 Å². The van der Waals surface area contributed by atoms with Gasteiger partial charge in [-0.15, -0.1) is 24.0 Å². The van der Waals surface area contributed by atoms with Crippen LogP contribution < -0.4 is 0 Å². The second-order valence-electron chi connectivity index (χ2n) is 3.62. The van der Waals surface area contributed by atoms with E-state index in [1.54, 1.807) is 0 Å². The van der Waals surface area contributed by atoms with E-state index in [4.69, 9.17) is 0 Å². The van der Waals surface area contributed by atoms with Crippen LogP contribution >= 0.6 is 24.0 Å².